The fraction of sp³-hybridized carbons (Fsp3) is 0.0588. The maximum absolute atomic E-state index is 11.6. The van der Waals surface area contributed by atoms with Crippen LogP contribution in [0, 0.1) is 10.1 Å². The number of non-ortho nitro benzene ring substituents is 1. The van der Waals surface area contributed by atoms with E-state index in [4.69, 9.17) is 16.3 Å². The number of hydrogen-bond acceptors (Lipinski definition) is 5. The molecular formula is C17H14ClN3O5. The van der Waals surface area contributed by atoms with Gasteiger partial charge in [-0.25, -0.2) is 0 Å². The second-order valence-electron chi connectivity index (χ2n) is 4.93. The van der Waals surface area contributed by atoms with Gasteiger partial charge in [0.25, 0.3) is 17.5 Å². The average Bonchev–Trinajstić information content (AvgIpc) is 2.64. The van der Waals surface area contributed by atoms with E-state index in [1.165, 1.54) is 36.4 Å². The summed E-state index contributed by atoms with van der Waals surface area (Å²) in [6, 6.07) is 12.2. The van der Waals surface area contributed by atoms with Crippen molar-refractivity contribution in [1.82, 2.24) is 10.9 Å². The molecule has 2 aromatic rings. The highest BCUT2D eigenvalue weighted by Gasteiger charge is 2.07. The Morgan fingerprint density at radius 3 is 2.46 bits per heavy atom. The van der Waals surface area contributed by atoms with E-state index < -0.39 is 16.7 Å². The van der Waals surface area contributed by atoms with E-state index in [-0.39, 0.29) is 18.0 Å². The Bertz CT molecular complexity index is 837. The summed E-state index contributed by atoms with van der Waals surface area (Å²) in [6.07, 6.45) is 2.73. The number of benzene rings is 2. The molecule has 0 aromatic heterocycles. The van der Waals surface area contributed by atoms with Gasteiger partial charge in [0.1, 0.15) is 5.75 Å². The summed E-state index contributed by atoms with van der Waals surface area (Å²) >= 11 is 5.96. The third kappa shape index (κ3) is 5.91. The van der Waals surface area contributed by atoms with Crippen LogP contribution in [-0.4, -0.2) is 23.3 Å². The molecule has 0 fully saturated rings. The molecule has 0 bridgehead atoms. The zero-order valence-electron chi connectivity index (χ0n) is 13.3. The molecule has 2 N–H and O–H groups in total. The minimum absolute atomic E-state index is 0.0839. The Kier molecular flexibility index (Phi) is 6.69. The number of halogens is 1. The molecule has 0 unspecified atom stereocenters. The van der Waals surface area contributed by atoms with Crippen LogP contribution in [0.4, 0.5) is 5.69 Å². The minimum Gasteiger partial charge on any atom is -0.484 e. The number of nitro groups is 1. The van der Waals surface area contributed by atoms with Gasteiger partial charge in [0.05, 0.1) is 4.92 Å². The van der Waals surface area contributed by atoms with Crippen molar-refractivity contribution in [2.45, 2.75) is 0 Å². The summed E-state index contributed by atoms with van der Waals surface area (Å²) < 4.78 is 5.16. The summed E-state index contributed by atoms with van der Waals surface area (Å²) in [4.78, 5) is 33.3. The van der Waals surface area contributed by atoms with E-state index >= 15 is 0 Å². The van der Waals surface area contributed by atoms with Crippen molar-refractivity contribution in [2.75, 3.05) is 6.61 Å². The topological polar surface area (TPSA) is 111 Å². The van der Waals surface area contributed by atoms with E-state index in [9.17, 15) is 19.7 Å². The van der Waals surface area contributed by atoms with Gasteiger partial charge in [-0.05, 0) is 29.8 Å². The van der Waals surface area contributed by atoms with Crippen LogP contribution in [0.25, 0.3) is 6.08 Å². The van der Waals surface area contributed by atoms with Gasteiger partial charge in [0.2, 0.25) is 0 Å². The number of rotatable bonds is 6. The lowest BCUT2D eigenvalue weighted by molar-refractivity contribution is -0.384. The number of carbonyl (C=O) groups is 2. The zero-order valence-corrected chi connectivity index (χ0v) is 14.1. The van der Waals surface area contributed by atoms with E-state index in [2.05, 4.69) is 10.9 Å². The standard InChI is InChI=1S/C17H14ClN3O5/c18-15-4-2-1-3-12(15)5-10-16(22)19-20-17(23)11-26-14-8-6-13(7-9-14)21(24)25/h1-10H,11H2,(H,19,22)(H,20,23)/b10-5+. The van der Waals surface area contributed by atoms with Gasteiger partial charge in [-0.15, -0.1) is 0 Å². The smallest absolute Gasteiger partial charge is 0.276 e. The van der Waals surface area contributed by atoms with Gasteiger partial charge < -0.3 is 4.74 Å². The van der Waals surface area contributed by atoms with Crippen molar-refractivity contribution in [1.29, 1.82) is 0 Å². The van der Waals surface area contributed by atoms with E-state index in [1.54, 1.807) is 24.3 Å². The van der Waals surface area contributed by atoms with Crippen LogP contribution in [0.2, 0.25) is 5.02 Å². The second kappa shape index (κ2) is 9.19. The minimum atomic E-state index is -0.595. The van der Waals surface area contributed by atoms with Gasteiger partial charge in [-0.3, -0.25) is 30.6 Å². The molecule has 2 amide bonds. The second-order valence-corrected chi connectivity index (χ2v) is 5.34. The number of nitrogens with one attached hydrogen (secondary N) is 2. The fourth-order valence-electron chi connectivity index (χ4n) is 1.80. The van der Waals surface area contributed by atoms with Crippen LogP contribution in [0.15, 0.2) is 54.6 Å². The summed E-state index contributed by atoms with van der Waals surface area (Å²) in [5, 5.41) is 11.0. The first-order valence-corrected chi connectivity index (χ1v) is 7.72. The van der Waals surface area contributed by atoms with Crippen molar-refractivity contribution in [3.05, 3.63) is 75.3 Å². The molecular weight excluding hydrogens is 362 g/mol. The molecule has 0 saturated heterocycles. The molecule has 0 aliphatic heterocycles. The molecule has 2 aromatic carbocycles. The Hall–Kier alpha value is -3.39. The van der Waals surface area contributed by atoms with E-state index in [1.807, 2.05) is 0 Å². The number of hydrogen-bond donors (Lipinski definition) is 2. The van der Waals surface area contributed by atoms with E-state index in [0.717, 1.165) is 0 Å². The number of nitrogens with zero attached hydrogens (tertiary/aromatic N) is 1. The average molecular weight is 376 g/mol. The van der Waals surface area contributed by atoms with Gasteiger partial charge in [0, 0.05) is 23.2 Å². The van der Waals surface area contributed by atoms with Crippen molar-refractivity contribution >= 4 is 35.2 Å². The Balaban J connectivity index is 1.75. The summed E-state index contributed by atoms with van der Waals surface area (Å²) in [5.41, 5.74) is 4.95. The van der Waals surface area contributed by atoms with Crippen molar-refractivity contribution in [3.63, 3.8) is 0 Å². The van der Waals surface area contributed by atoms with Crippen LogP contribution in [0.5, 0.6) is 5.75 Å². The van der Waals surface area contributed by atoms with E-state index in [0.29, 0.717) is 10.6 Å². The highest BCUT2D eigenvalue weighted by atomic mass is 35.5. The normalized spacial score (nSPS) is 10.3. The van der Waals surface area contributed by atoms with Crippen LogP contribution in [-0.2, 0) is 9.59 Å². The first-order chi connectivity index (χ1) is 12.5. The Labute approximate surface area is 153 Å². The molecule has 0 heterocycles. The first kappa shape index (κ1) is 18.9. The monoisotopic (exact) mass is 375 g/mol. The number of amides is 2. The Morgan fingerprint density at radius 2 is 1.81 bits per heavy atom. The van der Waals surface area contributed by atoms with Gasteiger partial charge in [-0.1, -0.05) is 29.8 Å². The van der Waals surface area contributed by atoms with Gasteiger partial charge >= 0.3 is 0 Å². The molecule has 9 heteroatoms. The van der Waals surface area contributed by atoms with Crippen LogP contribution < -0.4 is 15.6 Å². The molecule has 0 spiro atoms. The summed E-state index contributed by atoms with van der Waals surface area (Å²) in [6.45, 7) is -0.369. The quantitative estimate of drug-likeness (QED) is 0.458. The number of carbonyl (C=O) groups excluding carboxylic acids is 2. The molecule has 0 aliphatic rings. The van der Waals surface area contributed by atoms with Crippen molar-refractivity contribution < 1.29 is 19.2 Å². The lowest BCUT2D eigenvalue weighted by Crippen LogP contribution is -2.43. The molecule has 0 saturated carbocycles. The summed E-state index contributed by atoms with van der Waals surface area (Å²) in [5.74, 6) is -0.854. The zero-order chi connectivity index (χ0) is 18.9. The molecule has 8 nitrogen and oxygen atoms in total. The molecule has 0 radical (unpaired) electrons. The number of hydrazine groups is 1. The van der Waals surface area contributed by atoms with Crippen molar-refractivity contribution in [2.24, 2.45) is 0 Å². The largest absolute Gasteiger partial charge is 0.484 e. The predicted molar refractivity (Wildman–Crippen MR) is 95.4 cm³/mol. The summed E-state index contributed by atoms with van der Waals surface area (Å²) in [7, 11) is 0. The fourth-order valence-corrected chi connectivity index (χ4v) is 2.00. The third-order valence-corrected chi connectivity index (χ3v) is 3.41. The van der Waals surface area contributed by atoms with Crippen LogP contribution in [0.1, 0.15) is 5.56 Å². The molecule has 0 aliphatic carbocycles. The van der Waals surface area contributed by atoms with Crippen LogP contribution in [0.3, 0.4) is 0 Å². The molecule has 134 valence electrons. The SMILES string of the molecule is O=C(/C=C/c1ccccc1Cl)NNC(=O)COc1ccc([N+](=O)[O-])cc1. The third-order valence-electron chi connectivity index (χ3n) is 3.06. The number of nitro benzene ring substituents is 1. The highest BCUT2D eigenvalue weighted by Crippen LogP contribution is 2.17. The maximum Gasteiger partial charge on any atom is 0.276 e. The van der Waals surface area contributed by atoms with Gasteiger partial charge in [0.15, 0.2) is 6.61 Å². The lowest BCUT2D eigenvalue weighted by atomic mass is 10.2. The maximum atomic E-state index is 11.6. The lowest BCUT2D eigenvalue weighted by Gasteiger charge is -2.07. The van der Waals surface area contributed by atoms with Crippen molar-refractivity contribution in [3.8, 4) is 5.75 Å². The highest BCUT2D eigenvalue weighted by molar-refractivity contribution is 6.32. The Morgan fingerprint density at radius 1 is 1.12 bits per heavy atom. The van der Waals surface area contributed by atoms with Gasteiger partial charge in [-0.2, -0.15) is 0 Å². The molecule has 26 heavy (non-hydrogen) atoms. The first-order valence-electron chi connectivity index (χ1n) is 7.34. The molecule has 2 rings (SSSR count). The number of ether oxygens (including phenoxy) is 1. The predicted octanol–water partition coefficient (Wildman–Crippen LogP) is 2.49. The molecule has 0 atom stereocenters. The van der Waals surface area contributed by atoms with Crippen LogP contribution >= 0.6 is 11.6 Å².